The highest BCUT2D eigenvalue weighted by Gasteiger charge is 2.18. The smallest absolute Gasteiger partial charge is 0.280 e. The van der Waals surface area contributed by atoms with Crippen LogP contribution in [0.25, 0.3) is 0 Å². The van der Waals surface area contributed by atoms with E-state index in [-0.39, 0.29) is 16.3 Å². The van der Waals surface area contributed by atoms with Crippen molar-refractivity contribution in [2.75, 3.05) is 4.72 Å². The summed E-state index contributed by atoms with van der Waals surface area (Å²) in [6.07, 6.45) is 2.68. The monoisotopic (exact) mass is 297 g/mol. The zero-order valence-corrected chi connectivity index (χ0v) is 11.3. The van der Waals surface area contributed by atoms with Gasteiger partial charge in [0.25, 0.3) is 10.0 Å². The summed E-state index contributed by atoms with van der Waals surface area (Å²) in [4.78, 5) is 3.73. The molecule has 0 aliphatic heterocycles. The van der Waals surface area contributed by atoms with Crippen LogP contribution in [0.2, 0.25) is 0 Å². The van der Waals surface area contributed by atoms with Gasteiger partial charge in [0.1, 0.15) is 11.7 Å². The number of amidine groups is 1. The van der Waals surface area contributed by atoms with Crippen molar-refractivity contribution in [1.82, 2.24) is 9.55 Å². The van der Waals surface area contributed by atoms with Gasteiger partial charge in [-0.15, -0.1) is 0 Å². The number of nitrogens with two attached hydrogens (primary N) is 1. The lowest BCUT2D eigenvalue weighted by Gasteiger charge is -2.08. The van der Waals surface area contributed by atoms with Crippen molar-refractivity contribution >= 4 is 21.5 Å². The first-order valence-corrected chi connectivity index (χ1v) is 6.92. The molecule has 106 valence electrons. The van der Waals surface area contributed by atoms with Crippen molar-refractivity contribution in [2.45, 2.75) is 5.03 Å². The molecule has 0 saturated heterocycles. The van der Waals surface area contributed by atoms with Crippen LogP contribution >= 0.6 is 0 Å². The van der Waals surface area contributed by atoms with Crippen molar-refractivity contribution in [3.8, 4) is 0 Å². The van der Waals surface area contributed by atoms with Gasteiger partial charge in [-0.2, -0.15) is 8.42 Å². The molecule has 0 bridgehead atoms. The lowest BCUT2D eigenvalue weighted by atomic mass is 10.2. The molecule has 0 spiro atoms. The van der Waals surface area contributed by atoms with E-state index in [9.17, 15) is 12.8 Å². The van der Waals surface area contributed by atoms with E-state index in [0.29, 0.717) is 0 Å². The second-order valence-corrected chi connectivity index (χ2v) is 5.72. The van der Waals surface area contributed by atoms with Gasteiger partial charge >= 0.3 is 0 Å². The number of aryl methyl sites for hydroxylation is 1. The van der Waals surface area contributed by atoms with Crippen molar-refractivity contribution < 1.29 is 12.8 Å². The van der Waals surface area contributed by atoms with Crippen LogP contribution in [0, 0.1) is 11.2 Å². The number of halogens is 1. The van der Waals surface area contributed by atoms with Crippen LogP contribution in [0.5, 0.6) is 0 Å². The molecule has 0 unspecified atom stereocenters. The number of nitrogens with zero attached hydrogens (tertiary/aromatic N) is 2. The largest absolute Gasteiger partial charge is 0.384 e. The van der Waals surface area contributed by atoms with E-state index >= 15 is 0 Å². The van der Waals surface area contributed by atoms with Gasteiger partial charge in [0, 0.05) is 18.9 Å². The van der Waals surface area contributed by atoms with E-state index in [1.54, 1.807) is 7.05 Å². The number of rotatable bonds is 4. The quantitative estimate of drug-likeness (QED) is 0.567. The highest BCUT2D eigenvalue weighted by Crippen LogP contribution is 2.18. The molecular weight excluding hydrogens is 285 g/mol. The molecule has 4 N–H and O–H groups in total. The van der Waals surface area contributed by atoms with Crippen LogP contribution in [-0.4, -0.2) is 23.8 Å². The maximum absolute atomic E-state index is 13.4. The molecule has 0 aliphatic rings. The topological polar surface area (TPSA) is 114 Å². The van der Waals surface area contributed by atoms with Gasteiger partial charge in [-0.25, -0.2) is 9.37 Å². The summed E-state index contributed by atoms with van der Waals surface area (Å²) in [6.45, 7) is 0. The van der Waals surface area contributed by atoms with Crippen molar-refractivity contribution in [2.24, 2.45) is 12.8 Å². The SMILES string of the molecule is Cn1cnc(S(=O)(=O)Nc2ccc(F)c(C(=N)N)c2)c1. The minimum Gasteiger partial charge on any atom is -0.384 e. The molecule has 0 radical (unpaired) electrons. The molecule has 20 heavy (non-hydrogen) atoms. The van der Waals surface area contributed by atoms with Gasteiger partial charge in [-0.1, -0.05) is 0 Å². The fourth-order valence-electron chi connectivity index (χ4n) is 1.53. The summed E-state index contributed by atoms with van der Waals surface area (Å²) in [5.74, 6) is -1.18. The number of nitrogen functional groups attached to an aromatic ring is 1. The molecule has 1 heterocycles. The first kappa shape index (κ1) is 14.0. The Morgan fingerprint density at radius 2 is 2.20 bits per heavy atom. The van der Waals surface area contributed by atoms with Crippen molar-refractivity contribution in [3.05, 3.63) is 42.1 Å². The van der Waals surface area contributed by atoms with Gasteiger partial charge < -0.3 is 10.3 Å². The molecule has 9 heteroatoms. The Balaban J connectivity index is 2.35. The van der Waals surface area contributed by atoms with Crippen LogP contribution in [0.3, 0.4) is 0 Å². The van der Waals surface area contributed by atoms with Crippen LogP contribution in [0.1, 0.15) is 5.56 Å². The third-order valence-electron chi connectivity index (χ3n) is 2.47. The summed E-state index contributed by atoms with van der Waals surface area (Å²) >= 11 is 0. The Labute approximate surface area is 114 Å². The van der Waals surface area contributed by atoms with Crippen LogP contribution in [0.15, 0.2) is 35.7 Å². The maximum Gasteiger partial charge on any atom is 0.280 e. The summed E-state index contributed by atoms with van der Waals surface area (Å²) in [5.41, 5.74) is 5.14. The molecular formula is C11H12FN5O2S. The minimum atomic E-state index is -3.86. The van der Waals surface area contributed by atoms with E-state index in [1.807, 2.05) is 0 Å². The zero-order valence-electron chi connectivity index (χ0n) is 10.5. The van der Waals surface area contributed by atoms with Crippen LogP contribution in [-0.2, 0) is 17.1 Å². The van der Waals surface area contributed by atoms with E-state index in [4.69, 9.17) is 11.1 Å². The predicted octanol–water partition coefficient (Wildman–Crippen LogP) is 0.644. The number of sulfonamides is 1. The van der Waals surface area contributed by atoms with Gasteiger partial charge in [0.2, 0.25) is 0 Å². The first-order chi connectivity index (χ1) is 9.29. The highest BCUT2D eigenvalue weighted by molar-refractivity contribution is 7.92. The van der Waals surface area contributed by atoms with Crippen molar-refractivity contribution in [3.63, 3.8) is 0 Å². The lowest BCUT2D eigenvalue weighted by molar-refractivity contribution is 0.598. The molecule has 1 aromatic heterocycles. The Hall–Kier alpha value is -2.42. The minimum absolute atomic E-state index is 0.0993. The average Bonchev–Trinajstić information content (AvgIpc) is 2.78. The Bertz CT molecular complexity index is 769. The third-order valence-corrected chi connectivity index (χ3v) is 3.73. The van der Waals surface area contributed by atoms with Gasteiger partial charge in [-0.3, -0.25) is 10.1 Å². The number of hydrogen-bond acceptors (Lipinski definition) is 4. The summed E-state index contributed by atoms with van der Waals surface area (Å²) in [6, 6.07) is 3.42. The van der Waals surface area contributed by atoms with Crippen LogP contribution < -0.4 is 10.5 Å². The second kappa shape index (κ2) is 4.93. The van der Waals surface area contributed by atoms with E-state index in [2.05, 4.69) is 9.71 Å². The van der Waals surface area contributed by atoms with Gasteiger partial charge in [-0.05, 0) is 18.2 Å². The Kier molecular flexibility index (Phi) is 3.45. The summed E-state index contributed by atoms with van der Waals surface area (Å²) in [5, 5.41) is 7.06. The molecule has 7 nitrogen and oxygen atoms in total. The number of nitrogens with one attached hydrogen (secondary N) is 2. The zero-order chi connectivity index (χ0) is 14.9. The normalized spacial score (nSPS) is 11.3. The molecule has 0 saturated carbocycles. The molecule has 0 amide bonds. The van der Waals surface area contributed by atoms with E-state index < -0.39 is 21.7 Å². The van der Waals surface area contributed by atoms with Gasteiger partial charge in [0.05, 0.1) is 11.9 Å². The fraction of sp³-hybridized carbons (Fsp3) is 0.0909. The molecule has 0 fully saturated rings. The summed E-state index contributed by atoms with van der Waals surface area (Å²) < 4.78 is 41.1. The van der Waals surface area contributed by atoms with Crippen LogP contribution in [0.4, 0.5) is 10.1 Å². The number of hydrogen-bond donors (Lipinski definition) is 3. The molecule has 2 rings (SSSR count). The van der Waals surface area contributed by atoms with E-state index in [0.717, 1.165) is 12.1 Å². The standard InChI is InChI=1S/C11H12FN5O2S/c1-17-5-10(15-6-17)20(18,19)16-7-2-3-9(12)8(4-7)11(13)14/h2-6,16H,1H3,(H3,13,14). The van der Waals surface area contributed by atoms with Gasteiger partial charge in [0.15, 0.2) is 5.03 Å². The molecule has 2 aromatic rings. The molecule has 1 aromatic carbocycles. The Morgan fingerprint density at radius 1 is 1.50 bits per heavy atom. The molecule has 0 aliphatic carbocycles. The number of anilines is 1. The second-order valence-electron chi connectivity index (χ2n) is 4.09. The van der Waals surface area contributed by atoms with E-state index in [1.165, 1.54) is 23.2 Å². The van der Waals surface area contributed by atoms with Crippen molar-refractivity contribution in [1.29, 1.82) is 5.41 Å². The number of benzene rings is 1. The number of imidazole rings is 1. The Morgan fingerprint density at radius 3 is 2.75 bits per heavy atom. The number of aromatic nitrogens is 2. The highest BCUT2D eigenvalue weighted by atomic mass is 32.2. The third kappa shape index (κ3) is 2.77. The average molecular weight is 297 g/mol. The predicted molar refractivity (Wildman–Crippen MR) is 71.4 cm³/mol. The molecule has 0 atom stereocenters. The first-order valence-electron chi connectivity index (χ1n) is 5.44. The fourth-order valence-corrected chi connectivity index (χ4v) is 2.56. The maximum atomic E-state index is 13.4. The lowest BCUT2D eigenvalue weighted by Crippen LogP contribution is -2.16. The summed E-state index contributed by atoms with van der Waals surface area (Å²) in [7, 11) is -2.23.